The van der Waals surface area contributed by atoms with Gasteiger partial charge in [0, 0.05) is 51.6 Å². The van der Waals surface area contributed by atoms with Gasteiger partial charge < -0.3 is 0 Å². The number of aromatic amines is 1. The third kappa shape index (κ3) is 2.37. The molecule has 0 spiro atoms. The van der Waals surface area contributed by atoms with Crippen LogP contribution in [0.3, 0.4) is 0 Å². The molecule has 1 amide bonds. The van der Waals surface area contributed by atoms with Gasteiger partial charge in [-0.2, -0.15) is 5.10 Å². The van der Waals surface area contributed by atoms with Crippen LogP contribution in [-0.2, 0) is 31.9 Å². The van der Waals surface area contributed by atoms with Gasteiger partial charge in [0.15, 0.2) is 5.82 Å². The number of carbonyl (C=O) groups excluding carboxylic acids is 1. The van der Waals surface area contributed by atoms with Crippen LogP contribution in [0.15, 0.2) is 17.1 Å². The number of nitrogens with one attached hydrogen (secondary N) is 1. The molecule has 1 saturated heterocycles. The number of nitrogens with zero attached hydrogens (tertiary/aromatic N) is 5. The number of rotatable bonds is 2. The molecule has 8 heteroatoms. The Balaban J connectivity index is 1.57. The minimum absolute atomic E-state index is 0.00256. The Morgan fingerprint density at radius 3 is 2.83 bits per heavy atom. The van der Waals surface area contributed by atoms with Crippen molar-refractivity contribution < 1.29 is 4.79 Å². The van der Waals surface area contributed by atoms with E-state index in [9.17, 15) is 9.59 Å². The highest BCUT2D eigenvalue weighted by atomic mass is 16.2. The number of aromatic nitrogens is 4. The van der Waals surface area contributed by atoms with Crippen LogP contribution in [0, 0.1) is 0 Å². The molecule has 8 nitrogen and oxygen atoms in total. The summed E-state index contributed by atoms with van der Waals surface area (Å²) in [7, 11) is 3.71. The minimum Gasteiger partial charge on any atom is -0.294 e. The van der Waals surface area contributed by atoms with E-state index in [2.05, 4.69) is 15.1 Å². The lowest BCUT2D eigenvalue weighted by Crippen LogP contribution is -2.54. The molecule has 1 atom stereocenters. The highest BCUT2D eigenvalue weighted by molar-refractivity contribution is 5.97. The first-order chi connectivity index (χ1) is 11.5. The summed E-state index contributed by atoms with van der Waals surface area (Å²) in [5.41, 5.74) is 1.85. The van der Waals surface area contributed by atoms with Crippen LogP contribution >= 0.6 is 0 Å². The molecule has 24 heavy (non-hydrogen) atoms. The Hall–Kier alpha value is -2.35. The van der Waals surface area contributed by atoms with Crippen molar-refractivity contribution in [2.45, 2.75) is 31.8 Å². The minimum atomic E-state index is -0.140. The van der Waals surface area contributed by atoms with Crippen molar-refractivity contribution in [3.05, 3.63) is 33.9 Å². The van der Waals surface area contributed by atoms with Gasteiger partial charge in [-0.15, -0.1) is 0 Å². The molecule has 0 aliphatic carbocycles. The fourth-order valence-electron chi connectivity index (χ4n) is 3.84. The number of fused-ring (bicyclic) bond motifs is 1. The molecule has 2 aliphatic heterocycles. The Labute approximate surface area is 139 Å². The van der Waals surface area contributed by atoms with Crippen molar-refractivity contribution in [2.75, 3.05) is 18.0 Å². The van der Waals surface area contributed by atoms with E-state index in [1.807, 2.05) is 26.4 Å². The van der Waals surface area contributed by atoms with Crippen LogP contribution in [0.25, 0.3) is 0 Å². The number of hydrogen-bond acceptors (Lipinski definition) is 4. The van der Waals surface area contributed by atoms with Crippen molar-refractivity contribution in [3.8, 4) is 0 Å². The summed E-state index contributed by atoms with van der Waals surface area (Å²) in [6.45, 7) is 2.09. The van der Waals surface area contributed by atoms with Crippen LogP contribution in [0.2, 0.25) is 0 Å². The van der Waals surface area contributed by atoms with Gasteiger partial charge >= 0.3 is 0 Å². The lowest BCUT2D eigenvalue weighted by atomic mass is 9.99. The Kier molecular flexibility index (Phi) is 3.56. The topological polar surface area (TPSA) is 79.2 Å². The molecule has 0 radical (unpaired) electrons. The van der Waals surface area contributed by atoms with E-state index < -0.39 is 0 Å². The average Bonchev–Trinajstić information content (AvgIpc) is 3.11. The summed E-state index contributed by atoms with van der Waals surface area (Å²) < 4.78 is 3.50. The normalized spacial score (nSPS) is 22.0. The van der Waals surface area contributed by atoms with Gasteiger partial charge in [0.25, 0.3) is 5.56 Å². The molecule has 1 fully saturated rings. The molecule has 4 rings (SSSR count). The molecule has 4 heterocycles. The number of carbonyl (C=O) groups is 1. The first kappa shape index (κ1) is 15.2. The first-order valence-corrected chi connectivity index (χ1v) is 8.36. The highest BCUT2D eigenvalue weighted by Gasteiger charge is 2.37. The Morgan fingerprint density at radius 2 is 2.08 bits per heavy atom. The molecular formula is C16H22N6O2. The van der Waals surface area contributed by atoms with Crippen LogP contribution < -0.4 is 10.5 Å². The van der Waals surface area contributed by atoms with E-state index in [1.165, 1.54) is 0 Å². The SMILES string of the molecule is Cn1ccc(N2CCCC(N3CCc4c(n(C)[nH]c4=O)C3)C2=O)n1. The van der Waals surface area contributed by atoms with Crippen LogP contribution in [0.1, 0.15) is 24.1 Å². The largest absolute Gasteiger partial charge is 0.294 e. The molecule has 1 N–H and O–H groups in total. The molecule has 2 aromatic rings. The van der Waals surface area contributed by atoms with E-state index in [4.69, 9.17) is 0 Å². The monoisotopic (exact) mass is 330 g/mol. The molecule has 128 valence electrons. The number of H-pyrrole nitrogens is 1. The van der Waals surface area contributed by atoms with Crippen molar-refractivity contribution in [1.82, 2.24) is 24.5 Å². The van der Waals surface area contributed by atoms with Gasteiger partial charge in [-0.25, -0.2) is 0 Å². The third-order valence-electron chi connectivity index (χ3n) is 5.13. The van der Waals surface area contributed by atoms with Crippen molar-refractivity contribution in [3.63, 3.8) is 0 Å². The summed E-state index contributed by atoms with van der Waals surface area (Å²) >= 11 is 0. The number of aryl methyl sites for hydroxylation is 2. The average molecular weight is 330 g/mol. The predicted molar refractivity (Wildman–Crippen MR) is 88.7 cm³/mol. The fourth-order valence-corrected chi connectivity index (χ4v) is 3.84. The van der Waals surface area contributed by atoms with Gasteiger partial charge in [-0.1, -0.05) is 0 Å². The summed E-state index contributed by atoms with van der Waals surface area (Å²) in [6.07, 6.45) is 4.37. The number of anilines is 1. The third-order valence-corrected chi connectivity index (χ3v) is 5.13. The summed E-state index contributed by atoms with van der Waals surface area (Å²) in [5, 5.41) is 7.19. The smallest absolute Gasteiger partial charge is 0.267 e. The molecule has 1 unspecified atom stereocenters. The number of piperidine rings is 1. The molecule has 2 aliphatic rings. The van der Waals surface area contributed by atoms with Crippen molar-refractivity contribution in [1.29, 1.82) is 0 Å². The summed E-state index contributed by atoms with van der Waals surface area (Å²) in [6, 6.07) is 1.74. The van der Waals surface area contributed by atoms with Crippen molar-refractivity contribution in [2.24, 2.45) is 14.1 Å². The molecule has 2 aromatic heterocycles. The van der Waals surface area contributed by atoms with Crippen LogP contribution in [-0.4, -0.2) is 49.5 Å². The Morgan fingerprint density at radius 1 is 1.25 bits per heavy atom. The van der Waals surface area contributed by atoms with E-state index in [-0.39, 0.29) is 17.5 Å². The molecule has 0 aromatic carbocycles. The molecule has 0 bridgehead atoms. The zero-order valence-corrected chi connectivity index (χ0v) is 14.0. The number of hydrogen-bond donors (Lipinski definition) is 1. The van der Waals surface area contributed by atoms with E-state index in [1.54, 1.807) is 14.3 Å². The zero-order valence-electron chi connectivity index (χ0n) is 14.0. The predicted octanol–water partition coefficient (Wildman–Crippen LogP) is 0.000600. The van der Waals surface area contributed by atoms with Gasteiger partial charge in [0.1, 0.15) is 0 Å². The van der Waals surface area contributed by atoms with E-state index >= 15 is 0 Å². The standard InChI is InChI=1S/C16H22N6O2/c1-19-8-6-14(17-19)22-7-3-4-12(16(22)24)21-9-5-11-13(10-21)20(2)18-15(11)23/h6,8,12H,3-5,7,9-10H2,1-2H3,(H,18,23). The highest BCUT2D eigenvalue weighted by Crippen LogP contribution is 2.26. The van der Waals surface area contributed by atoms with Gasteiger partial charge in [0.2, 0.25) is 5.91 Å². The Bertz CT molecular complexity index is 832. The first-order valence-electron chi connectivity index (χ1n) is 8.36. The maximum atomic E-state index is 13.0. The molecular weight excluding hydrogens is 308 g/mol. The van der Waals surface area contributed by atoms with Crippen LogP contribution in [0.4, 0.5) is 5.82 Å². The second kappa shape index (κ2) is 5.62. The lowest BCUT2D eigenvalue weighted by molar-refractivity contribution is -0.125. The van der Waals surface area contributed by atoms with E-state index in [0.29, 0.717) is 19.5 Å². The lowest BCUT2D eigenvalue weighted by Gasteiger charge is -2.39. The zero-order chi connectivity index (χ0) is 16.8. The second-order valence-electron chi connectivity index (χ2n) is 6.64. The quantitative estimate of drug-likeness (QED) is 0.841. The number of amides is 1. The summed E-state index contributed by atoms with van der Waals surface area (Å²) in [4.78, 5) is 28.9. The second-order valence-corrected chi connectivity index (χ2v) is 6.64. The van der Waals surface area contributed by atoms with Gasteiger partial charge in [-0.05, 0) is 19.3 Å². The molecule has 0 saturated carbocycles. The van der Waals surface area contributed by atoms with Crippen molar-refractivity contribution >= 4 is 11.7 Å². The van der Waals surface area contributed by atoms with E-state index in [0.717, 1.165) is 36.5 Å². The summed E-state index contributed by atoms with van der Waals surface area (Å²) in [5.74, 6) is 0.836. The maximum Gasteiger partial charge on any atom is 0.267 e. The fraction of sp³-hybridized carbons (Fsp3) is 0.562. The van der Waals surface area contributed by atoms with Gasteiger partial charge in [0.05, 0.1) is 11.7 Å². The van der Waals surface area contributed by atoms with Gasteiger partial charge in [-0.3, -0.25) is 33.9 Å². The van der Waals surface area contributed by atoms with Crippen LogP contribution in [0.5, 0.6) is 0 Å². The maximum absolute atomic E-state index is 13.0.